The Bertz CT molecular complexity index is 505. The van der Waals surface area contributed by atoms with Gasteiger partial charge in [-0.25, -0.2) is 4.98 Å². The molecule has 0 saturated heterocycles. The zero-order valence-corrected chi connectivity index (χ0v) is 9.58. The lowest BCUT2D eigenvalue weighted by Gasteiger charge is -2.10. The van der Waals surface area contributed by atoms with Crippen molar-refractivity contribution in [3.8, 4) is 0 Å². The minimum absolute atomic E-state index is 0.295. The summed E-state index contributed by atoms with van der Waals surface area (Å²) in [5.41, 5.74) is 0.586. The monoisotopic (exact) mass is 230 g/mol. The zero-order valence-electron chi connectivity index (χ0n) is 9.58. The van der Waals surface area contributed by atoms with Gasteiger partial charge in [-0.05, 0) is 12.5 Å². The average molecular weight is 230 g/mol. The number of Topliss-reactive ketones (excluding diaryl/α,β-unsaturated/α-hetero) is 1. The van der Waals surface area contributed by atoms with Crippen LogP contribution in [0.1, 0.15) is 29.2 Å². The molecule has 2 rings (SSSR count). The number of aliphatic hydroxyl groups is 1. The maximum Gasteiger partial charge on any atom is 0.231 e. The van der Waals surface area contributed by atoms with Gasteiger partial charge < -0.3 is 9.67 Å². The van der Waals surface area contributed by atoms with Crippen molar-refractivity contribution in [1.82, 2.24) is 9.55 Å². The Balaban J connectivity index is 2.27. The third kappa shape index (κ3) is 2.26. The molecule has 0 saturated carbocycles. The number of carbonyl (C=O) groups is 1. The van der Waals surface area contributed by atoms with Crippen LogP contribution in [-0.2, 0) is 6.54 Å². The number of nitrogens with zero attached hydrogens (tertiary/aromatic N) is 2. The summed E-state index contributed by atoms with van der Waals surface area (Å²) in [5, 5.41) is 9.98. The SMILES string of the molecule is CCn1ccnc1C(=O)C(O)c1ccccc1. The fourth-order valence-electron chi connectivity index (χ4n) is 1.70. The van der Waals surface area contributed by atoms with E-state index in [9.17, 15) is 9.90 Å². The lowest BCUT2D eigenvalue weighted by Crippen LogP contribution is -2.17. The summed E-state index contributed by atoms with van der Waals surface area (Å²) >= 11 is 0. The normalized spacial score (nSPS) is 12.4. The standard InChI is InChI=1S/C13H14N2O2/c1-2-15-9-8-14-13(15)12(17)11(16)10-6-4-3-5-7-10/h3-9,11,16H,2H2,1H3. The highest BCUT2D eigenvalue weighted by Gasteiger charge is 2.22. The fraction of sp³-hybridized carbons (Fsp3) is 0.231. The largest absolute Gasteiger partial charge is 0.380 e. The van der Waals surface area contributed by atoms with Crippen molar-refractivity contribution in [2.45, 2.75) is 19.6 Å². The molecule has 1 unspecified atom stereocenters. The Labute approximate surface area is 99.5 Å². The van der Waals surface area contributed by atoms with E-state index in [-0.39, 0.29) is 5.78 Å². The summed E-state index contributed by atoms with van der Waals surface area (Å²) < 4.78 is 1.72. The van der Waals surface area contributed by atoms with Gasteiger partial charge in [0, 0.05) is 18.9 Å². The van der Waals surface area contributed by atoms with Gasteiger partial charge in [-0.15, -0.1) is 0 Å². The van der Waals surface area contributed by atoms with E-state index in [1.54, 1.807) is 41.2 Å². The third-order valence-electron chi connectivity index (χ3n) is 2.64. The Kier molecular flexibility index (Phi) is 3.35. The maximum atomic E-state index is 12.1. The van der Waals surface area contributed by atoms with E-state index >= 15 is 0 Å². The van der Waals surface area contributed by atoms with Gasteiger partial charge in [0.2, 0.25) is 5.78 Å². The maximum absolute atomic E-state index is 12.1. The highest BCUT2D eigenvalue weighted by Crippen LogP contribution is 2.17. The molecule has 88 valence electrons. The number of carbonyl (C=O) groups excluding carboxylic acids is 1. The van der Waals surface area contributed by atoms with Crippen LogP contribution in [0.5, 0.6) is 0 Å². The van der Waals surface area contributed by atoms with Gasteiger partial charge in [0.05, 0.1) is 0 Å². The van der Waals surface area contributed by atoms with E-state index in [1.165, 1.54) is 0 Å². The van der Waals surface area contributed by atoms with Gasteiger partial charge >= 0.3 is 0 Å². The van der Waals surface area contributed by atoms with Crippen LogP contribution in [0.2, 0.25) is 0 Å². The van der Waals surface area contributed by atoms with E-state index < -0.39 is 6.10 Å². The molecule has 17 heavy (non-hydrogen) atoms. The smallest absolute Gasteiger partial charge is 0.231 e. The third-order valence-corrected chi connectivity index (χ3v) is 2.64. The molecule has 0 bridgehead atoms. The molecule has 1 aromatic carbocycles. The van der Waals surface area contributed by atoms with Crippen LogP contribution in [0.4, 0.5) is 0 Å². The molecule has 0 aliphatic rings. The Morgan fingerprint density at radius 1 is 1.41 bits per heavy atom. The number of aliphatic hydroxyl groups excluding tert-OH is 1. The fourth-order valence-corrected chi connectivity index (χ4v) is 1.70. The van der Waals surface area contributed by atoms with Gasteiger partial charge in [0.25, 0.3) is 0 Å². The first kappa shape index (κ1) is 11.5. The molecule has 4 nitrogen and oxygen atoms in total. The van der Waals surface area contributed by atoms with Gasteiger partial charge in [-0.3, -0.25) is 4.79 Å². The molecule has 1 heterocycles. The van der Waals surface area contributed by atoms with Crippen molar-refractivity contribution < 1.29 is 9.90 Å². The van der Waals surface area contributed by atoms with Crippen molar-refractivity contribution in [2.75, 3.05) is 0 Å². The summed E-state index contributed by atoms with van der Waals surface area (Å²) in [6.07, 6.45) is 2.14. The Morgan fingerprint density at radius 2 is 2.12 bits per heavy atom. The van der Waals surface area contributed by atoms with Crippen LogP contribution in [0, 0.1) is 0 Å². The van der Waals surface area contributed by atoms with E-state index in [0.29, 0.717) is 17.9 Å². The summed E-state index contributed by atoms with van der Waals surface area (Å²) in [4.78, 5) is 16.0. The number of benzene rings is 1. The summed E-state index contributed by atoms with van der Waals surface area (Å²) in [7, 11) is 0. The average Bonchev–Trinajstić information content (AvgIpc) is 2.86. The van der Waals surface area contributed by atoms with E-state index in [4.69, 9.17) is 0 Å². The number of rotatable bonds is 4. The summed E-state index contributed by atoms with van der Waals surface area (Å²) in [5.74, 6) is -0.0769. The van der Waals surface area contributed by atoms with Crippen molar-refractivity contribution in [2.24, 2.45) is 0 Å². The molecule has 0 spiro atoms. The van der Waals surface area contributed by atoms with Crippen LogP contribution < -0.4 is 0 Å². The van der Waals surface area contributed by atoms with Gasteiger partial charge in [-0.2, -0.15) is 0 Å². The molecule has 0 radical (unpaired) electrons. The molecule has 0 aliphatic heterocycles. The molecule has 1 aromatic heterocycles. The van der Waals surface area contributed by atoms with Gasteiger partial charge in [0.1, 0.15) is 6.10 Å². The first-order chi connectivity index (χ1) is 8.24. The number of ketones is 1. The lowest BCUT2D eigenvalue weighted by molar-refractivity contribution is 0.0731. The number of aryl methyl sites for hydroxylation is 1. The quantitative estimate of drug-likeness (QED) is 0.815. The van der Waals surface area contributed by atoms with Gasteiger partial charge in [-0.1, -0.05) is 30.3 Å². The summed E-state index contributed by atoms with van der Waals surface area (Å²) in [6, 6.07) is 8.87. The van der Waals surface area contributed by atoms with Crippen molar-refractivity contribution in [3.63, 3.8) is 0 Å². The minimum atomic E-state index is -1.15. The summed E-state index contributed by atoms with van der Waals surface area (Å²) in [6.45, 7) is 2.58. The molecule has 0 aliphatic carbocycles. The molecular formula is C13H14N2O2. The topological polar surface area (TPSA) is 55.1 Å². The molecule has 4 heteroatoms. The highest BCUT2D eigenvalue weighted by atomic mass is 16.3. The zero-order chi connectivity index (χ0) is 12.3. The van der Waals surface area contributed by atoms with E-state index in [1.807, 2.05) is 13.0 Å². The molecule has 1 atom stereocenters. The van der Waals surface area contributed by atoms with Crippen LogP contribution >= 0.6 is 0 Å². The van der Waals surface area contributed by atoms with E-state index in [2.05, 4.69) is 4.98 Å². The second kappa shape index (κ2) is 4.93. The number of hydrogen-bond acceptors (Lipinski definition) is 3. The van der Waals surface area contributed by atoms with E-state index in [0.717, 1.165) is 0 Å². The number of imidazole rings is 1. The molecule has 2 aromatic rings. The van der Waals surface area contributed by atoms with Crippen molar-refractivity contribution in [1.29, 1.82) is 0 Å². The predicted molar refractivity (Wildman–Crippen MR) is 63.6 cm³/mol. The van der Waals surface area contributed by atoms with Crippen molar-refractivity contribution in [3.05, 3.63) is 54.1 Å². The Morgan fingerprint density at radius 3 is 2.76 bits per heavy atom. The van der Waals surface area contributed by atoms with Crippen LogP contribution in [0.25, 0.3) is 0 Å². The highest BCUT2D eigenvalue weighted by molar-refractivity contribution is 5.96. The molecular weight excluding hydrogens is 216 g/mol. The first-order valence-electron chi connectivity index (χ1n) is 5.52. The second-order valence-electron chi connectivity index (χ2n) is 3.71. The number of hydrogen-bond donors (Lipinski definition) is 1. The minimum Gasteiger partial charge on any atom is -0.380 e. The predicted octanol–water partition coefficient (Wildman–Crippen LogP) is 1.82. The molecule has 0 fully saturated rings. The molecule has 1 N–H and O–H groups in total. The number of aromatic nitrogens is 2. The second-order valence-corrected chi connectivity index (χ2v) is 3.71. The first-order valence-corrected chi connectivity index (χ1v) is 5.52. The lowest BCUT2D eigenvalue weighted by atomic mass is 10.1. The van der Waals surface area contributed by atoms with Gasteiger partial charge in [0.15, 0.2) is 5.82 Å². The van der Waals surface area contributed by atoms with Crippen LogP contribution in [-0.4, -0.2) is 20.4 Å². The van der Waals surface area contributed by atoms with Crippen LogP contribution in [0.3, 0.4) is 0 Å². The molecule has 0 amide bonds. The Hall–Kier alpha value is -1.94. The van der Waals surface area contributed by atoms with Crippen LogP contribution in [0.15, 0.2) is 42.7 Å². The van der Waals surface area contributed by atoms with Crippen molar-refractivity contribution >= 4 is 5.78 Å².